The first kappa shape index (κ1) is 20.2. The lowest BCUT2D eigenvalue weighted by Crippen LogP contribution is -2.30. The van der Waals surface area contributed by atoms with Crippen molar-refractivity contribution in [2.45, 2.75) is 33.1 Å². The second-order valence-electron chi connectivity index (χ2n) is 6.59. The van der Waals surface area contributed by atoms with Crippen molar-refractivity contribution in [3.8, 4) is 0 Å². The van der Waals surface area contributed by atoms with Crippen LogP contribution in [0.3, 0.4) is 0 Å². The van der Waals surface area contributed by atoms with Gasteiger partial charge >= 0.3 is 5.97 Å². The van der Waals surface area contributed by atoms with E-state index < -0.39 is 12.5 Å². The SMILES string of the molecule is Cc1cc(C)cc(CCC(=O)Nc2ccc(CC(=O)NCC(=O)O)cc2)c1. The smallest absolute Gasteiger partial charge is 0.322 e. The van der Waals surface area contributed by atoms with Gasteiger partial charge in [-0.3, -0.25) is 14.4 Å². The molecule has 0 aromatic heterocycles. The second kappa shape index (κ2) is 9.52. The molecular formula is C21H24N2O4. The molecule has 0 aliphatic carbocycles. The highest BCUT2D eigenvalue weighted by Gasteiger charge is 2.07. The number of rotatable bonds is 8. The van der Waals surface area contributed by atoms with Gasteiger partial charge < -0.3 is 15.7 Å². The maximum absolute atomic E-state index is 12.1. The summed E-state index contributed by atoms with van der Waals surface area (Å²) in [6.07, 6.45) is 1.16. The zero-order chi connectivity index (χ0) is 19.8. The van der Waals surface area contributed by atoms with E-state index in [-0.39, 0.29) is 18.2 Å². The summed E-state index contributed by atoms with van der Waals surface area (Å²) in [6, 6.07) is 13.2. The molecule has 0 atom stereocenters. The van der Waals surface area contributed by atoms with E-state index in [1.54, 1.807) is 24.3 Å². The van der Waals surface area contributed by atoms with Gasteiger partial charge in [0.05, 0.1) is 6.42 Å². The average Bonchev–Trinajstić information content (AvgIpc) is 2.59. The fraction of sp³-hybridized carbons (Fsp3) is 0.286. The number of amides is 2. The molecule has 6 heteroatoms. The Labute approximate surface area is 158 Å². The minimum Gasteiger partial charge on any atom is -0.480 e. The Morgan fingerprint density at radius 3 is 2.11 bits per heavy atom. The maximum atomic E-state index is 12.1. The van der Waals surface area contributed by atoms with Crippen LogP contribution in [-0.4, -0.2) is 29.4 Å². The van der Waals surface area contributed by atoms with Gasteiger partial charge in [0.1, 0.15) is 6.54 Å². The fourth-order valence-corrected chi connectivity index (χ4v) is 2.82. The summed E-state index contributed by atoms with van der Waals surface area (Å²) < 4.78 is 0. The normalized spacial score (nSPS) is 10.3. The molecule has 2 rings (SSSR count). The van der Waals surface area contributed by atoms with E-state index in [0.717, 1.165) is 11.1 Å². The van der Waals surface area contributed by atoms with E-state index >= 15 is 0 Å². The van der Waals surface area contributed by atoms with Gasteiger partial charge in [-0.05, 0) is 43.5 Å². The minimum absolute atomic E-state index is 0.0684. The van der Waals surface area contributed by atoms with E-state index in [9.17, 15) is 14.4 Å². The van der Waals surface area contributed by atoms with Crippen LogP contribution >= 0.6 is 0 Å². The van der Waals surface area contributed by atoms with Crippen LogP contribution < -0.4 is 10.6 Å². The van der Waals surface area contributed by atoms with Crippen LogP contribution in [0.15, 0.2) is 42.5 Å². The predicted octanol–water partition coefficient (Wildman–Crippen LogP) is 2.62. The highest BCUT2D eigenvalue weighted by atomic mass is 16.4. The third kappa shape index (κ3) is 7.32. The van der Waals surface area contributed by atoms with Gasteiger partial charge in [0.25, 0.3) is 0 Å². The number of benzene rings is 2. The van der Waals surface area contributed by atoms with Crippen LogP contribution in [-0.2, 0) is 27.2 Å². The molecule has 2 aromatic carbocycles. The van der Waals surface area contributed by atoms with Gasteiger partial charge in [-0.2, -0.15) is 0 Å². The third-order valence-corrected chi connectivity index (χ3v) is 3.96. The molecule has 3 N–H and O–H groups in total. The molecule has 142 valence electrons. The Kier molecular flexibility index (Phi) is 7.11. The molecule has 0 radical (unpaired) electrons. The Morgan fingerprint density at radius 2 is 1.52 bits per heavy atom. The molecule has 0 heterocycles. The van der Waals surface area contributed by atoms with Crippen molar-refractivity contribution in [3.63, 3.8) is 0 Å². The van der Waals surface area contributed by atoms with E-state index in [4.69, 9.17) is 5.11 Å². The molecule has 0 saturated heterocycles. The van der Waals surface area contributed by atoms with Crippen LogP contribution in [0.2, 0.25) is 0 Å². The highest BCUT2D eigenvalue weighted by Crippen LogP contribution is 2.13. The Morgan fingerprint density at radius 1 is 0.889 bits per heavy atom. The number of carbonyl (C=O) groups excluding carboxylic acids is 2. The summed E-state index contributed by atoms with van der Waals surface area (Å²) >= 11 is 0. The number of anilines is 1. The van der Waals surface area contributed by atoms with Crippen LogP contribution in [0.25, 0.3) is 0 Å². The lowest BCUT2D eigenvalue weighted by molar-refractivity contribution is -0.137. The highest BCUT2D eigenvalue weighted by molar-refractivity contribution is 5.91. The van der Waals surface area contributed by atoms with Crippen molar-refractivity contribution in [1.82, 2.24) is 5.32 Å². The average molecular weight is 368 g/mol. The molecule has 2 aromatic rings. The van der Waals surface area contributed by atoms with Crippen molar-refractivity contribution in [1.29, 1.82) is 0 Å². The van der Waals surface area contributed by atoms with Gasteiger partial charge in [0.15, 0.2) is 0 Å². The summed E-state index contributed by atoms with van der Waals surface area (Å²) in [7, 11) is 0. The fourth-order valence-electron chi connectivity index (χ4n) is 2.82. The van der Waals surface area contributed by atoms with Crippen molar-refractivity contribution in [2.75, 3.05) is 11.9 Å². The number of carboxylic acids is 1. The Hall–Kier alpha value is -3.15. The van der Waals surface area contributed by atoms with E-state index in [0.29, 0.717) is 18.5 Å². The molecule has 0 aliphatic heterocycles. The van der Waals surface area contributed by atoms with Gasteiger partial charge in [-0.25, -0.2) is 0 Å². The van der Waals surface area contributed by atoms with Gasteiger partial charge in [0.2, 0.25) is 11.8 Å². The lowest BCUT2D eigenvalue weighted by atomic mass is 10.0. The van der Waals surface area contributed by atoms with E-state index in [1.807, 2.05) is 13.8 Å². The number of hydrogen-bond acceptors (Lipinski definition) is 3. The first-order valence-electron chi connectivity index (χ1n) is 8.76. The van der Waals surface area contributed by atoms with Crippen molar-refractivity contribution < 1.29 is 19.5 Å². The predicted molar refractivity (Wildman–Crippen MR) is 104 cm³/mol. The molecule has 27 heavy (non-hydrogen) atoms. The van der Waals surface area contributed by atoms with Gasteiger partial charge in [-0.15, -0.1) is 0 Å². The zero-order valence-electron chi connectivity index (χ0n) is 15.5. The zero-order valence-corrected chi connectivity index (χ0v) is 15.5. The number of aliphatic carboxylic acids is 1. The summed E-state index contributed by atoms with van der Waals surface area (Å²) in [5.74, 6) is -1.51. The summed E-state index contributed by atoms with van der Waals surface area (Å²) in [5.41, 5.74) is 4.92. The number of carbonyl (C=O) groups is 3. The topological polar surface area (TPSA) is 95.5 Å². The molecule has 0 fully saturated rings. The van der Waals surface area contributed by atoms with Gasteiger partial charge in [-0.1, -0.05) is 41.5 Å². The Balaban J connectivity index is 1.82. The quantitative estimate of drug-likeness (QED) is 0.667. The van der Waals surface area contributed by atoms with Crippen molar-refractivity contribution >= 4 is 23.5 Å². The standard InChI is InChI=1S/C21H24N2O4/c1-14-9-15(2)11-17(10-14)5-8-19(24)23-18-6-3-16(4-7-18)12-20(25)22-13-21(26)27/h3-4,6-7,9-11H,5,8,12-13H2,1-2H3,(H,22,25)(H,23,24)(H,26,27). The molecular weight excluding hydrogens is 344 g/mol. The first-order chi connectivity index (χ1) is 12.8. The maximum Gasteiger partial charge on any atom is 0.322 e. The molecule has 0 aliphatic rings. The van der Waals surface area contributed by atoms with Crippen LogP contribution in [0.4, 0.5) is 5.69 Å². The number of carboxylic acid groups (broad SMARTS) is 1. The van der Waals surface area contributed by atoms with E-state index in [1.165, 1.54) is 11.1 Å². The Bertz CT molecular complexity index is 808. The number of aryl methyl sites for hydroxylation is 3. The first-order valence-corrected chi connectivity index (χ1v) is 8.76. The molecule has 0 spiro atoms. The molecule has 0 saturated carbocycles. The van der Waals surface area contributed by atoms with Crippen molar-refractivity contribution in [3.05, 3.63) is 64.7 Å². The number of hydrogen-bond donors (Lipinski definition) is 3. The largest absolute Gasteiger partial charge is 0.480 e. The molecule has 6 nitrogen and oxygen atoms in total. The lowest BCUT2D eigenvalue weighted by Gasteiger charge is -2.08. The molecule has 2 amide bonds. The summed E-state index contributed by atoms with van der Waals surface area (Å²) in [4.78, 5) is 34.2. The summed E-state index contributed by atoms with van der Waals surface area (Å²) in [6.45, 7) is 3.69. The second-order valence-corrected chi connectivity index (χ2v) is 6.59. The monoisotopic (exact) mass is 368 g/mol. The molecule has 0 bridgehead atoms. The minimum atomic E-state index is -1.08. The molecule has 0 unspecified atom stereocenters. The number of nitrogens with one attached hydrogen (secondary N) is 2. The van der Waals surface area contributed by atoms with Crippen LogP contribution in [0.5, 0.6) is 0 Å². The van der Waals surface area contributed by atoms with Gasteiger partial charge in [0, 0.05) is 12.1 Å². The van der Waals surface area contributed by atoms with E-state index in [2.05, 4.69) is 28.8 Å². The van der Waals surface area contributed by atoms with Crippen LogP contribution in [0, 0.1) is 13.8 Å². The summed E-state index contributed by atoms with van der Waals surface area (Å²) in [5, 5.41) is 13.7. The van der Waals surface area contributed by atoms with Crippen molar-refractivity contribution in [2.24, 2.45) is 0 Å². The third-order valence-electron chi connectivity index (χ3n) is 3.96. The van der Waals surface area contributed by atoms with Crippen LogP contribution in [0.1, 0.15) is 28.7 Å².